The summed E-state index contributed by atoms with van der Waals surface area (Å²) in [6.45, 7) is 11.5. The van der Waals surface area contributed by atoms with Crippen molar-refractivity contribution >= 4 is 0 Å². The van der Waals surface area contributed by atoms with E-state index in [4.69, 9.17) is 0 Å². The van der Waals surface area contributed by atoms with Gasteiger partial charge in [-0.3, -0.25) is 0 Å². The van der Waals surface area contributed by atoms with Crippen molar-refractivity contribution < 1.29 is 0 Å². The lowest BCUT2D eigenvalue weighted by molar-refractivity contribution is 0.444. The highest BCUT2D eigenvalue weighted by Gasteiger charge is 2.48. The second-order valence-corrected chi connectivity index (χ2v) is 7.13. The van der Waals surface area contributed by atoms with Gasteiger partial charge in [0.25, 0.3) is 0 Å². The Kier molecular flexibility index (Phi) is 6.89. The highest BCUT2D eigenvalue weighted by Crippen LogP contribution is 2.58. The Morgan fingerprint density at radius 2 is 1.79 bits per heavy atom. The van der Waals surface area contributed by atoms with Crippen molar-refractivity contribution in [1.82, 2.24) is 0 Å². The summed E-state index contributed by atoms with van der Waals surface area (Å²) >= 11 is 0. The van der Waals surface area contributed by atoms with Crippen LogP contribution in [-0.2, 0) is 0 Å². The first-order valence-corrected chi connectivity index (χ1v) is 8.27. The molecular formula is C19H34. The molecule has 0 aromatic heterocycles. The van der Waals surface area contributed by atoms with Gasteiger partial charge in [-0.2, -0.15) is 0 Å². The summed E-state index contributed by atoms with van der Waals surface area (Å²) < 4.78 is 0. The van der Waals surface area contributed by atoms with Gasteiger partial charge in [-0.25, -0.2) is 0 Å². The van der Waals surface area contributed by atoms with Crippen molar-refractivity contribution in [3.63, 3.8) is 0 Å². The van der Waals surface area contributed by atoms with Gasteiger partial charge in [-0.05, 0) is 70.6 Å². The smallest absolute Gasteiger partial charge is 0.0289 e. The molecule has 1 saturated carbocycles. The van der Waals surface area contributed by atoms with Gasteiger partial charge in [-0.15, -0.1) is 0 Å². The predicted octanol–water partition coefficient (Wildman–Crippen LogP) is 6.68. The molecule has 1 fully saturated rings. The number of rotatable bonds is 9. The Morgan fingerprint density at radius 3 is 2.42 bits per heavy atom. The number of hydrogen-bond acceptors (Lipinski definition) is 0. The summed E-state index contributed by atoms with van der Waals surface area (Å²) in [6, 6.07) is 0. The van der Waals surface area contributed by atoms with E-state index >= 15 is 0 Å². The Labute approximate surface area is 121 Å². The van der Waals surface area contributed by atoms with Crippen LogP contribution in [0.4, 0.5) is 0 Å². The molecule has 2 unspecified atom stereocenters. The zero-order chi connectivity index (χ0) is 14.3. The first kappa shape index (κ1) is 16.5. The lowest BCUT2D eigenvalue weighted by Gasteiger charge is -2.11. The molecule has 2 atom stereocenters. The first-order valence-electron chi connectivity index (χ1n) is 8.27. The predicted molar refractivity (Wildman–Crippen MR) is 87.4 cm³/mol. The normalized spacial score (nSPS) is 26.4. The third-order valence-electron chi connectivity index (χ3n) is 4.66. The summed E-state index contributed by atoms with van der Waals surface area (Å²) in [6.07, 6.45) is 15.7. The monoisotopic (exact) mass is 262 g/mol. The standard InChI is InChI=1S/C19H34/c1-6-7-8-12-17(4)14-18-15-19(18,5)13-10-9-11-16(2)3/h11-12,18H,6-10,13-15H2,1-5H3. The summed E-state index contributed by atoms with van der Waals surface area (Å²) in [4.78, 5) is 0. The molecule has 0 saturated heterocycles. The summed E-state index contributed by atoms with van der Waals surface area (Å²) in [7, 11) is 0. The minimum absolute atomic E-state index is 0.662. The quantitative estimate of drug-likeness (QED) is 0.321. The summed E-state index contributed by atoms with van der Waals surface area (Å²) in [5.41, 5.74) is 3.76. The Bertz CT molecular complexity index is 317. The molecule has 110 valence electrons. The van der Waals surface area contributed by atoms with Gasteiger partial charge in [0, 0.05) is 0 Å². The molecule has 0 aliphatic heterocycles. The topological polar surface area (TPSA) is 0 Å². The number of unbranched alkanes of at least 4 members (excludes halogenated alkanes) is 3. The van der Waals surface area contributed by atoms with E-state index < -0.39 is 0 Å². The van der Waals surface area contributed by atoms with Crippen LogP contribution in [0, 0.1) is 11.3 Å². The van der Waals surface area contributed by atoms with Crippen LogP contribution < -0.4 is 0 Å². The third-order valence-corrected chi connectivity index (χ3v) is 4.66. The highest BCUT2D eigenvalue weighted by molar-refractivity contribution is 5.08. The molecule has 1 aliphatic rings. The Balaban J connectivity index is 2.21. The largest absolute Gasteiger partial charge is 0.0859 e. The average Bonchev–Trinajstić information content (AvgIpc) is 2.96. The van der Waals surface area contributed by atoms with Crippen molar-refractivity contribution in [2.75, 3.05) is 0 Å². The van der Waals surface area contributed by atoms with E-state index in [1.165, 1.54) is 56.9 Å². The van der Waals surface area contributed by atoms with Gasteiger partial charge in [-0.1, -0.05) is 50.0 Å². The second kappa shape index (κ2) is 7.92. The van der Waals surface area contributed by atoms with Gasteiger partial charge in [0.1, 0.15) is 0 Å². The molecule has 0 nitrogen and oxygen atoms in total. The lowest BCUT2D eigenvalue weighted by Crippen LogP contribution is -1.98. The van der Waals surface area contributed by atoms with Crippen LogP contribution >= 0.6 is 0 Å². The van der Waals surface area contributed by atoms with Crippen LogP contribution in [0.25, 0.3) is 0 Å². The molecule has 0 amide bonds. The van der Waals surface area contributed by atoms with Gasteiger partial charge < -0.3 is 0 Å². The Hall–Kier alpha value is -0.520. The maximum Gasteiger partial charge on any atom is -0.0289 e. The van der Waals surface area contributed by atoms with E-state index in [0.29, 0.717) is 5.41 Å². The Morgan fingerprint density at radius 1 is 1.11 bits per heavy atom. The molecule has 0 heterocycles. The van der Waals surface area contributed by atoms with Gasteiger partial charge >= 0.3 is 0 Å². The summed E-state index contributed by atoms with van der Waals surface area (Å²) in [5.74, 6) is 0.970. The van der Waals surface area contributed by atoms with Gasteiger partial charge in [0.15, 0.2) is 0 Å². The van der Waals surface area contributed by atoms with Gasteiger partial charge in [0.05, 0.1) is 0 Å². The van der Waals surface area contributed by atoms with Crippen LogP contribution in [-0.4, -0.2) is 0 Å². The van der Waals surface area contributed by atoms with E-state index in [9.17, 15) is 0 Å². The molecule has 1 rings (SSSR count). The van der Waals surface area contributed by atoms with Crippen molar-refractivity contribution in [2.24, 2.45) is 11.3 Å². The minimum atomic E-state index is 0.662. The van der Waals surface area contributed by atoms with Crippen LogP contribution in [0.3, 0.4) is 0 Å². The maximum atomic E-state index is 2.50. The average molecular weight is 262 g/mol. The fraction of sp³-hybridized carbons (Fsp3) is 0.789. The highest BCUT2D eigenvalue weighted by atomic mass is 14.5. The number of allylic oxidation sites excluding steroid dienone is 4. The van der Waals surface area contributed by atoms with Crippen LogP contribution in [0.2, 0.25) is 0 Å². The molecule has 1 aliphatic carbocycles. The fourth-order valence-electron chi connectivity index (χ4n) is 3.05. The molecule has 0 bridgehead atoms. The van der Waals surface area contributed by atoms with E-state index in [1.807, 2.05) is 0 Å². The van der Waals surface area contributed by atoms with Crippen molar-refractivity contribution in [2.45, 2.75) is 86.0 Å². The molecule has 0 radical (unpaired) electrons. The second-order valence-electron chi connectivity index (χ2n) is 7.13. The summed E-state index contributed by atoms with van der Waals surface area (Å²) in [5, 5.41) is 0. The zero-order valence-corrected chi connectivity index (χ0v) is 13.9. The minimum Gasteiger partial charge on any atom is -0.0859 e. The molecule has 0 N–H and O–H groups in total. The lowest BCUT2D eigenvalue weighted by atomic mass is 9.95. The molecule has 19 heavy (non-hydrogen) atoms. The van der Waals surface area contributed by atoms with Gasteiger partial charge in [0.2, 0.25) is 0 Å². The van der Waals surface area contributed by atoms with Crippen LogP contribution in [0.5, 0.6) is 0 Å². The van der Waals surface area contributed by atoms with Crippen molar-refractivity contribution in [3.05, 3.63) is 23.3 Å². The van der Waals surface area contributed by atoms with Crippen molar-refractivity contribution in [3.8, 4) is 0 Å². The fourth-order valence-corrected chi connectivity index (χ4v) is 3.05. The van der Waals surface area contributed by atoms with E-state index in [2.05, 4.69) is 46.8 Å². The third kappa shape index (κ3) is 6.45. The van der Waals surface area contributed by atoms with E-state index in [0.717, 1.165) is 5.92 Å². The molecule has 0 heteroatoms. The molecule has 0 aromatic rings. The van der Waals surface area contributed by atoms with E-state index in [-0.39, 0.29) is 0 Å². The zero-order valence-electron chi connectivity index (χ0n) is 13.9. The SMILES string of the molecule is CCCCC=C(C)CC1CC1(C)CCCC=C(C)C. The molecule has 0 spiro atoms. The molecular weight excluding hydrogens is 228 g/mol. The number of hydrogen-bond donors (Lipinski definition) is 0. The van der Waals surface area contributed by atoms with E-state index in [1.54, 1.807) is 5.57 Å². The molecule has 0 aromatic carbocycles. The maximum absolute atomic E-state index is 2.50. The first-order chi connectivity index (χ1) is 8.98. The van der Waals surface area contributed by atoms with Crippen molar-refractivity contribution in [1.29, 1.82) is 0 Å². The van der Waals surface area contributed by atoms with Crippen LogP contribution in [0.15, 0.2) is 23.3 Å². The van der Waals surface area contributed by atoms with Crippen LogP contribution in [0.1, 0.15) is 86.0 Å².